The van der Waals surface area contributed by atoms with Gasteiger partial charge in [0.2, 0.25) is 0 Å². The molecule has 0 fully saturated rings. The Hall–Kier alpha value is -2.55. The number of esters is 1. The Balaban J connectivity index is 1.98. The van der Waals surface area contributed by atoms with Crippen molar-refractivity contribution in [2.24, 2.45) is 4.99 Å². The van der Waals surface area contributed by atoms with Gasteiger partial charge in [0.1, 0.15) is 11.9 Å². The third kappa shape index (κ3) is 3.55. The van der Waals surface area contributed by atoms with Crippen LogP contribution in [0.4, 0.5) is 4.39 Å². The van der Waals surface area contributed by atoms with Crippen molar-refractivity contribution in [2.75, 3.05) is 6.61 Å². The van der Waals surface area contributed by atoms with Crippen LogP contribution in [0.15, 0.2) is 56.8 Å². The van der Waals surface area contributed by atoms with E-state index in [1.807, 2.05) is 17.5 Å². The first kappa shape index (κ1) is 20.7. The van der Waals surface area contributed by atoms with E-state index in [0.717, 1.165) is 16.2 Å². The highest BCUT2D eigenvalue weighted by Gasteiger charge is 2.33. The molecule has 5 nitrogen and oxygen atoms in total. The van der Waals surface area contributed by atoms with Crippen molar-refractivity contribution >= 4 is 46.3 Å². The zero-order valence-corrected chi connectivity index (χ0v) is 18.4. The highest BCUT2D eigenvalue weighted by molar-refractivity contribution is 7.10. The van der Waals surface area contributed by atoms with E-state index in [1.165, 1.54) is 34.1 Å². The van der Waals surface area contributed by atoms with E-state index >= 15 is 0 Å². The Kier molecular flexibility index (Phi) is 5.73. The second kappa shape index (κ2) is 8.29. The summed E-state index contributed by atoms with van der Waals surface area (Å²) in [4.78, 5) is 31.7. The summed E-state index contributed by atoms with van der Waals surface area (Å²) in [7, 11) is 0. The van der Waals surface area contributed by atoms with Crippen molar-refractivity contribution in [3.8, 4) is 0 Å². The van der Waals surface area contributed by atoms with Crippen LogP contribution in [0.5, 0.6) is 0 Å². The molecule has 0 aliphatic carbocycles. The molecular weight excluding hydrogens is 447 g/mol. The Morgan fingerprint density at radius 1 is 1.37 bits per heavy atom. The van der Waals surface area contributed by atoms with Gasteiger partial charge < -0.3 is 4.74 Å². The summed E-state index contributed by atoms with van der Waals surface area (Å²) in [5, 5.41) is 2.08. The van der Waals surface area contributed by atoms with Gasteiger partial charge in [0.05, 0.1) is 27.4 Å². The Labute approximate surface area is 184 Å². The van der Waals surface area contributed by atoms with Gasteiger partial charge in [-0.2, -0.15) is 0 Å². The summed E-state index contributed by atoms with van der Waals surface area (Å²) in [6.07, 6.45) is 1.43. The van der Waals surface area contributed by atoms with Crippen LogP contribution in [-0.2, 0) is 9.53 Å². The quantitative estimate of drug-likeness (QED) is 0.556. The molecule has 2 aromatic heterocycles. The number of halogens is 2. The van der Waals surface area contributed by atoms with Gasteiger partial charge in [-0.3, -0.25) is 9.36 Å². The van der Waals surface area contributed by atoms with E-state index in [4.69, 9.17) is 16.3 Å². The van der Waals surface area contributed by atoms with Crippen LogP contribution in [0.1, 0.15) is 30.3 Å². The molecule has 4 rings (SSSR count). The van der Waals surface area contributed by atoms with Crippen LogP contribution < -0.4 is 14.9 Å². The molecule has 9 heteroatoms. The lowest BCUT2D eigenvalue weighted by atomic mass is 10.0. The van der Waals surface area contributed by atoms with Crippen molar-refractivity contribution in [3.05, 3.63) is 88.0 Å². The summed E-state index contributed by atoms with van der Waals surface area (Å²) in [6, 6.07) is 7.41. The predicted octanol–water partition coefficient (Wildman–Crippen LogP) is 3.65. The molecule has 1 atom stereocenters. The van der Waals surface area contributed by atoms with Crippen molar-refractivity contribution in [2.45, 2.75) is 19.9 Å². The molecule has 1 aliphatic heterocycles. The molecule has 1 aromatic carbocycles. The number of benzene rings is 1. The molecule has 0 N–H and O–H groups in total. The molecule has 0 saturated heterocycles. The molecule has 3 heterocycles. The number of carbonyl (C=O) groups is 1. The fourth-order valence-electron chi connectivity index (χ4n) is 3.29. The first-order chi connectivity index (χ1) is 14.4. The number of nitrogens with zero attached hydrogens (tertiary/aromatic N) is 2. The second-order valence-corrected chi connectivity index (χ2v) is 8.85. The van der Waals surface area contributed by atoms with Crippen LogP contribution in [0.3, 0.4) is 0 Å². The molecule has 3 aromatic rings. The van der Waals surface area contributed by atoms with E-state index in [2.05, 4.69) is 4.99 Å². The average molecular weight is 463 g/mol. The van der Waals surface area contributed by atoms with Gasteiger partial charge in [-0.1, -0.05) is 35.1 Å². The number of fused-ring (bicyclic) bond motifs is 1. The SMILES string of the molecule is CCOC(=O)C1=C(C)N=c2s/c(=C\c3c(F)cccc3Cl)c(=O)n2[C@H]1c1cccs1. The smallest absolute Gasteiger partial charge is 0.338 e. The standard InChI is InChI=1S/C21H16ClFN2O3S2/c1-3-28-20(27)17-11(2)24-21-25(18(17)15-8-5-9-29-15)19(26)16(30-21)10-12-13(22)6-4-7-14(12)23/h4-10,18H,3H2,1-2H3/b16-10-/t18-/m0/s1. The molecule has 0 bridgehead atoms. The Morgan fingerprint density at radius 3 is 2.83 bits per heavy atom. The van der Waals surface area contributed by atoms with E-state index in [-0.39, 0.29) is 27.3 Å². The zero-order valence-electron chi connectivity index (χ0n) is 16.0. The lowest BCUT2D eigenvalue weighted by molar-refractivity contribution is -0.139. The Morgan fingerprint density at radius 2 is 2.17 bits per heavy atom. The van der Waals surface area contributed by atoms with Crippen molar-refractivity contribution in [3.63, 3.8) is 0 Å². The van der Waals surface area contributed by atoms with Crippen LogP contribution in [0.2, 0.25) is 5.02 Å². The molecule has 0 saturated carbocycles. The van der Waals surface area contributed by atoms with Gasteiger partial charge in [0.15, 0.2) is 4.80 Å². The van der Waals surface area contributed by atoms with Gasteiger partial charge >= 0.3 is 5.97 Å². The van der Waals surface area contributed by atoms with Crippen LogP contribution in [-0.4, -0.2) is 17.1 Å². The summed E-state index contributed by atoms with van der Waals surface area (Å²) in [6.45, 7) is 3.65. The summed E-state index contributed by atoms with van der Waals surface area (Å²) in [5.41, 5.74) is 0.579. The number of aromatic nitrogens is 1. The van der Waals surface area contributed by atoms with Crippen molar-refractivity contribution in [1.29, 1.82) is 0 Å². The number of carbonyl (C=O) groups excluding carboxylic acids is 1. The minimum absolute atomic E-state index is 0.137. The van der Waals surface area contributed by atoms with Gasteiger partial charge in [0.25, 0.3) is 5.56 Å². The van der Waals surface area contributed by atoms with Gasteiger partial charge in [0, 0.05) is 10.4 Å². The summed E-state index contributed by atoms with van der Waals surface area (Å²) in [5.74, 6) is -1.03. The maximum absolute atomic E-state index is 14.3. The van der Waals surface area contributed by atoms with E-state index in [0.29, 0.717) is 16.1 Å². The van der Waals surface area contributed by atoms with E-state index < -0.39 is 17.8 Å². The number of hydrogen-bond acceptors (Lipinski definition) is 6. The third-order valence-electron chi connectivity index (χ3n) is 4.60. The lowest BCUT2D eigenvalue weighted by Crippen LogP contribution is -2.39. The van der Waals surface area contributed by atoms with Gasteiger partial charge in [-0.25, -0.2) is 14.2 Å². The maximum atomic E-state index is 14.3. The van der Waals surface area contributed by atoms with Crippen molar-refractivity contribution in [1.82, 2.24) is 4.57 Å². The fraction of sp³-hybridized carbons (Fsp3) is 0.190. The van der Waals surface area contributed by atoms with E-state index in [1.54, 1.807) is 19.9 Å². The molecule has 0 amide bonds. The monoisotopic (exact) mass is 462 g/mol. The summed E-state index contributed by atoms with van der Waals surface area (Å²) < 4.78 is 21.2. The zero-order chi connectivity index (χ0) is 21.4. The molecular formula is C21H16ClFN2O3S2. The first-order valence-electron chi connectivity index (χ1n) is 9.09. The topological polar surface area (TPSA) is 60.7 Å². The first-order valence-corrected chi connectivity index (χ1v) is 11.2. The number of hydrogen-bond donors (Lipinski definition) is 0. The number of ether oxygens (including phenoxy) is 1. The third-order valence-corrected chi connectivity index (χ3v) is 6.84. The molecule has 30 heavy (non-hydrogen) atoms. The van der Waals surface area contributed by atoms with E-state index in [9.17, 15) is 14.0 Å². The minimum atomic E-state index is -0.654. The summed E-state index contributed by atoms with van der Waals surface area (Å²) >= 11 is 8.68. The van der Waals surface area contributed by atoms with Crippen LogP contribution in [0, 0.1) is 5.82 Å². The number of rotatable bonds is 4. The molecule has 1 aliphatic rings. The molecule has 0 unspecified atom stereocenters. The Bertz CT molecular complexity index is 1320. The fourth-order valence-corrected chi connectivity index (χ4v) is 5.36. The average Bonchev–Trinajstić information content (AvgIpc) is 3.33. The number of thiazole rings is 1. The normalized spacial score (nSPS) is 16.4. The predicted molar refractivity (Wildman–Crippen MR) is 116 cm³/mol. The highest BCUT2D eigenvalue weighted by atomic mass is 35.5. The highest BCUT2D eigenvalue weighted by Crippen LogP contribution is 2.33. The molecule has 0 radical (unpaired) electrons. The van der Waals surface area contributed by atoms with Crippen LogP contribution >= 0.6 is 34.3 Å². The van der Waals surface area contributed by atoms with Crippen LogP contribution in [0.25, 0.3) is 6.08 Å². The van der Waals surface area contributed by atoms with Gasteiger partial charge in [-0.05, 0) is 43.5 Å². The number of allylic oxidation sites excluding steroid dienone is 1. The number of thiophene rings is 1. The maximum Gasteiger partial charge on any atom is 0.338 e. The van der Waals surface area contributed by atoms with Crippen molar-refractivity contribution < 1.29 is 13.9 Å². The lowest BCUT2D eigenvalue weighted by Gasteiger charge is -2.23. The second-order valence-electron chi connectivity index (χ2n) is 6.45. The minimum Gasteiger partial charge on any atom is -0.463 e. The molecule has 154 valence electrons. The molecule has 0 spiro atoms. The largest absolute Gasteiger partial charge is 0.463 e. The van der Waals surface area contributed by atoms with Gasteiger partial charge in [-0.15, -0.1) is 11.3 Å².